The van der Waals surface area contributed by atoms with Gasteiger partial charge in [-0.1, -0.05) is 29.8 Å². The first-order chi connectivity index (χ1) is 11.4. The Morgan fingerprint density at radius 1 is 1.33 bits per heavy atom. The minimum atomic E-state index is -0.646. The number of nitro groups is 1. The van der Waals surface area contributed by atoms with Crippen LogP contribution in [0.5, 0.6) is 0 Å². The van der Waals surface area contributed by atoms with Crippen molar-refractivity contribution in [1.29, 1.82) is 5.26 Å². The monoisotopic (exact) mass is 405 g/mol. The Labute approximate surface area is 150 Å². The van der Waals surface area contributed by atoms with Crippen LogP contribution in [0.2, 0.25) is 5.02 Å². The van der Waals surface area contributed by atoms with Crippen LogP contribution in [0, 0.1) is 21.4 Å². The second-order valence-electron chi connectivity index (χ2n) is 4.57. The molecule has 1 amide bonds. The van der Waals surface area contributed by atoms with E-state index < -0.39 is 10.8 Å². The third kappa shape index (κ3) is 4.19. The third-order valence-electron chi connectivity index (χ3n) is 2.98. The molecule has 0 radical (unpaired) electrons. The molecule has 2 rings (SSSR count). The summed E-state index contributed by atoms with van der Waals surface area (Å²) in [6.45, 7) is 0. The number of hydrogen-bond acceptors (Lipinski definition) is 4. The van der Waals surface area contributed by atoms with Crippen molar-refractivity contribution in [2.75, 3.05) is 5.32 Å². The lowest BCUT2D eigenvalue weighted by molar-refractivity contribution is -0.384. The van der Waals surface area contributed by atoms with Crippen LogP contribution in [0.15, 0.2) is 52.5 Å². The zero-order valence-corrected chi connectivity index (χ0v) is 14.3. The molecule has 0 spiro atoms. The van der Waals surface area contributed by atoms with Gasteiger partial charge in [0.2, 0.25) is 0 Å². The second kappa shape index (κ2) is 7.73. The molecule has 0 bridgehead atoms. The number of hydrogen-bond donors (Lipinski definition) is 1. The molecule has 0 heterocycles. The van der Waals surface area contributed by atoms with E-state index in [1.807, 2.05) is 6.07 Å². The summed E-state index contributed by atoms with van der Waals surface area (Å²) in [7, 11) is 0. The molecule has 2 aromatic rings. The summed E-state index contributed by atoms with van der Waals surface area (Å²) in [5, 5.41) is 22.8. The number of non-ortho nitro benzene ring substituents is 1. The molecule has 0 atom stereocenters. The standard InChI is InChI=1S/C16H9BrClN3O3/c17-13-8-12(21(23)24)5-6-15(13)20-16(22)11(9-19)7-10-3-1-2-4-14(10)18/h1-8H,(H,20,22). The van der Waals surface area contributed by atoms with Crippen LogP contribution in [0.3, 0.4) is 0 Å². The molecule has 0 saturated heterocycles. The van der Waals surface area contributed by atoms with E-state index in [0.29, 0.717) is 20.7 Å². The Morgan fingerprint density at radius 2 is 2.04 bits per heavy atom. The van der Waals surface area contributed by atoms with Crippen LogP contribution >= 0.6 is 27.5 Å². The number of nitrogens with one attached hydrogen (secondary N) is 1. The molecule has 0 aromatic heterocycles. The first-order valence-electron chi connectivity index (χ1n) is 6.54. The largest absolute Gasteiger partial charge is 0.320 e. The number of benzene rings is 2. The van der Waals surface area contributed by atoms with Crippen LogP contribution in [-0.2, 0) is 4.79 Å². The Morgan fingerprint density at radius 3 is 2.62 bits per heavy atom. The number of carbonyl (C=O) groups is 1. The molecule has 0 unspecified atom stereocenters. The van der Waals surface area contributed by atoms with Crippen molar-refractivity contribution in [3.05, 3.63) is 73.2 Å². The quantitative estimate of drug-likeness (QED) is 0.348. The van der Waals surface area contributed by atoms with Gasteiger partial charge in [0.15, 0.2) is 0 Å². The predicted molar refractivity (Wildman–Crippen MR) is 94.5 cm³/mol. The van der Waals surface area contributed by atoms with Gasteiger partial charge in [0.1, 0.15) is 11.6 Å². The van der Waals surface area contributed by atoms with E-state index in [9.17, 15) is 20.2 Å². The molecule has 0 fully saturated rings. The molecule has 0 aliphatic rings. The maximum atomic E-state index is 12.2. The molecular formula is C16H9BrClN3O3. The molecule has 0 aliphatic heterocycles. The molecule has 24 heavy (non-hydrogen) atoms. The van der Waals surface area contributed by atoms with Crippen LogP contribution in [0.25, 0.3) is 6.08 Å². The van der Waals surface area contributed by atoms with E-state index in [-0.39, 0.29) is 11.3 Å². The van der Waals surface area contributed by atoms with Crippen LogP contribution in [0.1, 0.15) is 5.56 Å². The summed E-state index contributed by atoms with van der Waals surface area (Å²) in [4.78, 5) is 22.4. The SMILES string of the molecule is N#CC(=Cc1ccccc1Cl)C(=O)Nc1ccc([N+](=O)[O-])cc1Br. The Bertz CT molecular complexity index is 890. The number of rotatable bonds is 4. The van der Waals surface area contributed by atoms with E-state index in [1.165, 1.54) is 24.3 Å². The minimum Gasteiger partial charge on any atom is -0.320 e. The highest BCUT2D eigenvalue weighted by molar-refractivity contribution is 9.10. The van der Waals surface area contributed by atoms with Gasteiger partial charge in [0, 0.05) is 21.6 Å². The fourth-order valence-electron chi connectivity index (χ4n) is 1.80. The highest BCUT2D eigenvalue weighted by Crippen LogP contribution is 2.27. The zero-order chi connectivity index (χ0) is 17.7. The smallest absolute Gasteiger partial charge is 0.270 e. The van der Waals surface area contributed by atoms with Crippen molar-refractivity contribution in [2.45, 2.75) is 0 Å². The van der Waals surface area contributed by atoms with Crippen molar-refractivity contribution in [3.8, 4) is 6.07 Å². The molecule has 120 valence electrons. The molecule has 1 N–H and O–H groups in total. The molecule has 6 nitrogen and oxygen atoms in total. The number of carbonyl (C=O) groups excluding carboxylic acids is 1. The van der Waals surface area contributed by atoms with E-state index in [1.54, 1.807) is 24.3 Å². The fourth-order valence-corrected chi connectivity index (χ4v) is 2.46. The zero-order valence-electron chi connectivity index (χ0n) is 12.0. The summed E-state index contributed by atoms with van der Waals surface area (Å²) in [5.41, 5.74) is 0.583. The summed E-state index contributed by atoms with van der Waals surface area (Å²) in [5.74, 6) is -0.646. The van der Waals surface area contributed by atoms with Crippen molar-refractivity contribution in [2.24, 2.45) is 0 Å². The molecule has 8 heteroatoms. The highest BCUT2D eigenvalue weighted by atomic mass is 79.9. The van der Waals surface area contributed by atoms with Crippen LogP contribution in [0.4, 0.5) is 11.4 Å². The third-order valence-corrected chi connectivity index (χ3v) is 3.98. The lowest BCUT2D eigenvalue weighted by Crippen LogP contribution is -2.14. The number of halogens is 2. The summed E-state index contributed by atoms with van der Waals surface area (Å²) in [6, 6.07) is 12.5. The normalized spacial score (nSPS) is 10.8. The summed E-state index contributed by atoms with van der Waals surface area (Å²) >= 11 is 9.16. The Hall–Kier alpha value is -2.69. The van der Waals surface area contributed by atoms with E-state index in [0.717, 1.165) is 0 Å². The van der Waals surface area contributed by atoms with E-state index >= 15 is 0 Å². The molecule has 2 aromatic carbocycles. The van der Waals surface area contributed by atoms with Gasteiger partial charge in [-0.2, -0.15) is 5.26 Å². The lowest BCUT2D eigenvalue weighted by Gasteiger charge is -2.07. The molecular weight excluding hydrogens is 398 g/mol. The number of nitro benzene ring substituents is 1. The Balaban J connectivity index is 2.26. The van der Waals surface area contributed by atoms with Gasteiger partial charge in [-0.05, 0) is 39.7 Å². The van der Waals surface area contributed by atoms with Crippen molar-refractivity contribution in [3.63, 3.8) is 0 Å². The van der Waals surface area contributed by atoms with Gasteiger partial charge in [-0.25, -0.2) is 0 Å². The summed E-state index contributed by atoms with van der Waals surface area (Å²) < 4.78 is 0.333. The van der Waals surface area contributed by atoms with Gasteiger partial charge in [-0.3, -0.25) is 14.9 Å². The van der Waals surface area contributed by atoms with Crippen molar-refractivity contribution in [1.82, 2.24) is 0 Å². The number of nitriles is 1. The van der Waals surface area contributed by atoms with E-state index in [4.69, 9.17) is 11.6 Å². The second-order valence-corrected chi connectivity index (χ2v) is 5.83. The van der Waals surface area contributed by atoms with Gasteiger partial charge >= 0.3 is 0 Å². The predicted octanol–water partition coefficient (Wildman–Crippen LogP) is 4.56. The maximum absolute atomic E-state index is 12.2. The topological polar surface area (TPSA) is 96.0 Å². The van der Waals surface area contributed by atoms with Crippen molar-refractivity contribution < 1.29 is 9.72 Å². The van der Waals surface area contributed by atoms with Gasteiger partial charge in [0.05, 0.1) is 10.6 Å². The number of amides is 1. The number of nitrogens with zero attached hydrogens (tertiary/aromatic N) is 2. The maximum Gasteiger partial charge on any atom is 0.270 e. The summed E-state index contributed by atoms with van der Waals surface area (Å²) in [6.07, 6.45) is 1.37. The number of anilines is 1. The average Bonchev–Trinajstić information content (AvgIpc) is 2.55. The van der Waals surface area contributed by atoms with Gasteiger partial charge < -0.3 is 5.32 Å². The van der Waals surface area contributed by atoms with Gasteiger partial charge in [0.25, 0.3) is 11.6 Å². The fraction of sp³-hybridized carbons (Fsp3) is 0. The minimum absolute atomic E-state index is 0.119. The van der Waals surface area contributed by atoms with Crippen LogP contribution < -0.4 is 5.32 Å². The molecule has 0 aliphatic carbocycles. The lowest BCUT2D eigenvalue weighted by atomic mass is 10.1. The molecule has 0 saturated carbocycles. The average molecular weight is 407 g/mol. The first-order valence-corrected chi connectivity index (χ1v) is 7.71. The Kier molecular flexibility index (Phi) is 5.68. The highest BCUT2D eigenvalue weighted by Gasteiger charge is 2.14. The first kappa shape index (κ1) is 17.7. The van der Waals surface area contributed by atoms with Crippen molar-refractivity contribution >= 4 is 50.9 Å². The van der Waals surface area contributed by atoms with Gasteiger partial charge in [-0.15, -0.1) is 0 Å². The van der Waals surface area contributed by atoms with Crippen LogP contribution in [-0.4, -0.2) is 10.8 Å². The van der Waals surface area contributed by atoms with E-state index in [2.05, 4.69) is 21.2 Å².